The van der Waals surface area contributed by atoms with Crippen LogP contribution < -0.4 is 14.4 Å². The fourth-order valence-electron chi connectivity index (χ4n) is 4.23. The van der Waals surface area contributed by atoms with Crippen molar-refractivity contribution in [2.24, 2.45) is 0 Å². The van der Waals surface area contributed by atoms with Crippen LogP contribution in [-0.4, -0.2) is 50.9 Å². The number of non-ortho nitro benzene ring substituents is 1. The lowest BCUT2D eigenvalue weighted by Crippen LogP contribution is -2.30. The monoisotopic (exact) mass is 501 g/mol. The number of carbonyl (C=O) groups excluding carboxylic acids is 2. The Labute approximate surface area is 208 Å². The number of fused-ring (bicyclic) bond motifs is 1. The zero-order valence-corrected chi connectivity index (χ0v) is 19.5. The summed E-state index contributed by atoms with van der Waals surface area (Å²) in [5.41, 5.74) is 0.671. The summed E-state index contributed by atoms with van der Waals surface area (Å²) in [6.45, 7) is 0. The van der Waals surface area contributed by atoms with Crippen molar-refractivity contribution in [2.45, 2.75) is 6.04 Å². The third-order valence-corrected chi connectivity index (χ3v) is 5.95. The Morgan fingerprint density at radius 3 is 2.51 bits per heavy atom. The molecule has 12 nitrogen and oxygen atoms in total. The van der Waals surface area contributed by atoms with E-state index < -0.39 is 28.4 Å². The van der Waals surface area contributed by atoms with E-state index in [9.17, 15) is 24.8 Å². The first-order chi connectivity index (χ1) is 17.8. The summed E-state index contributed by atoms with van der Waals surface area (Å²) < 4.78 is 10.6. The standard InChI is InChI=1S/C25H19N5O7/c1-36-18-11-16-17(12-19(18)37-2)28-25(27-16)29-21(15-8-3-4-9-26-15)20(23(32)24(29)33)22(31)13-6-5-7-14(10-13)30(34)35/h3-12,21,31H,1-2H3,(H,27,28)/b22-20+. The van der Waals surface area contributed by atoms with Crippen LogP contribution in [0.5, 0.6) is 11.5 Å². The number of H-pyrrole nitrogens is 1. The van der Waals surface area contributed by atoms with Crippen LogP contribution in [0.3, 0.4) is 0 Å². The SMILES string of the molecule is COc1cc2nc(N3C(=O)C(=O)/C(=C(/O)c4cccc([N+](=O)[O-])c4)C3c3ccccn3)[nH]c2cc1OC. The molecule has 5 rings (SSSR count). The number of hydrogen-bond acceptors (Lipinski definition) is 9. The van der Waals surface area contributed by atoms with Crippen LogP contribution in [0.1, 0.15) is 17.3 Å². The number of amides is 1. The van der Waals surface area contributed by atoms with Crippen LogP contribution in [-0.2, 0) is 9.59 Å². The second-order valence-corrected chi connectivity index (χ2v) is 8.02. The van der Waals surface area contributed by atoms with Gasteiger partial charge in [0.05, 0.1) is 41.4 Å². The number of nitro groups is 1. The number of aliphatic hydroxyl groups is 1. The lowest BCUT2D eigenvalue weighted by atomic mass is 9.98. The van der Waals surface area contributed by atoms with Gasteiger partial charge in [0.2, 0.25) is 5.95 Å². The van der Waals surface area contributed by atoms with Gasteiger partial charge in [0.1, 0.15) is 11.8 Å². The predicted molar refractivity (Wildman–Crippen MR) is 131 cm³/mol. The van der Waals surface area contributed by atoms with Gasteiger partial charge in [0, 0.05) is 36.0 Å². The normalized spacial score (nSPS) is 16.8. The number of imidazole rings is 1. The molecule has 1 aliphatic heterocycles. The van der Waals surface area contributed by atoms with E-state index in [1.165, 1.54) is 38.6 Å². The van der Waals surface area contributed by atoms with Crippen molar-refractivity contribution in [1.29, 1.82) is 0 Å². The number of rotatable bonds is 6. The fraction of sp³-hybridized carbons (Fsp3) is 0.120. The average molecular weight is 501 g/mol. The zero-order chi connectivity index (χ0) is 26.3. The van der Waals surface area contributed by atoms with E-state index in [-0.39, 0.29) is 28.5 Å². The molecule has 2 aromatic heterocycles. The molecule has 0 bridgehead atoms. The number of aromatic amines is 1. The van der Waals surface area contributed by atoms with Gasteiger partial charge in [-0.2, -0.15) is 0 Å². The van der Waals surface area contributed by atoms with Crippen molar-refractivity contribution in [1.82, 2.24) is 15.0 Å². The van der Waals surface area contributed by atoms with Crippen molar-refractivity contribution >= 4 is 40.1 Å². The number of ketones is 1. The summed E-state index contributed by atoms with van der Waals surface area (Å²) in [4.78, 5) is 50.1. The van der Waals surface area contributed by atoms with Crippen molar-refractivity contribution in [2.75, 3.05) is 19.1 Å². The van der Waals surface area contributed by atoms with Gasteiger partial charge >= 0.3 is 5.91 Å². The maximum Gasteiger partial charge on any atom is 0.302 e. The van der Waals surface area contributed by atoms with Gasteiger partial charge < -0.3 is 19.6 Å². The van der Waals surface area contributed by atoms with E-state index in [0.717, 1.165) is 11.0 Å². The molecule has 0 aliphatic carbocycles. The summed E-state index contributed by atoms with van der Waals surface area (Å²) in [7, 11) is 2.96. The maximum absolute atomic E-state index is 13.3. The molecule has 12 heteroatoms. The first kappa shape index (κ1) is 23.5. The quantitative estimate of drug-likeness (QED) is 0.132. The van der Waals surface area contributed by atoms with Crippen LogP contribution in [0.25, 0.3) is 16.8 Å². The highest BCUT2D eigenvalue weighted by Crippen LogP contribution is 2.42. The number of nitrogens with one attached hydrogen (secondary N) is 1. The number of aromatic nitrogens is 3. The number of nitrogens with zero attached hydrogens (tertiary/aromatic N) is 4. The third-order valence-electron chi connectivity index (χ3n) is 5.95. The second-order valence-electron chi connectivity index (χ2n) is 8.02. The predicted octanol–water partition coefficient (Wildman–Crippen LogP) is 3.51. The van der Waals surface area contributed by atoms with E-state index >= 15 is 0 Å². The summed E-state index contributed by atoms with van der Waals surface area (Å²) in [5.74, 6) is -1.64. The number of pyridine rings is 1. The number of benzene rings is 2. The molecule has 1 aliphatic rings. The number of nitro benzene ring substituents is 1. The molecular weight excluding hydrogens is 482 g/mol. The highest BCUT2D eigenvalue weighted by molar-refractivity contribution is 6.51. The Bertz CT molecular complexity index is 1550. The molecule has 0 spiro atoms. The zero-order valence-electron chi connectivity index (χ0n) is 19.5. The van der Waals surface area contributed by atoms with Crippen molar-refractivity contribution in [3.8, 4) is 11.5 Å². The number of Topliss-reactive ketones (excluding diaryl/α,β-unsaturated/α-hetero) is 1. The van der Waals surface area contributed by atoms with Gasteiger partial charge in [-0.1, -0.05) is 18.2 Å². The molecule has 1 unspecified atom stereocenters. The van der Waals surface area contributed by atoms with Crippen LogP contribution in [0.2, 0.25) is 0 Å². The number of aliphatic hydroxyl groups excluding tert-OH is 1. The van der Waals surface area contributed by atoms with E-state index in [4.69, 9.17) is 9.47 Å². The highest BCUT2D eigenvalue weighted by Gasteiger charge is 2.49. The summed E-state index contributed by atoms with van der Waals surface area (Å²) in [6, 6.07) is 12.2. The van der Waals surface area contributed by atoms with E-state index in [1.807, 2.05) is 0 Å². The smallest absolute Gasteiger partial charge is 0.302 e. The summed E-state index contributed by atoms with van der Waals surface area (Å²) >= 11 is 0. The van der Waals surface area contributed by atoms with Crippen LogP contribution in [0, 0.1) is 10.1 Å². The number of hydrogen-bond donors (Lipinski definition) is 2. The highest BCUT2D eigenvalue weighted by atomic mass is 16.6. The van der Waals surface area contributed by atoms with E-state index in [2.05, 4.69) is 15.0 Å². The Balaban J connectivity index is 1.71. The molecule has 1 saturated heterocycles. The maximum atomic E-state index is 13.3. The molecule has 186 valence electrons. The minimum atomic E-state index is -1.16. The molecule has 3 heterocycles. The second kappa shape index (κ2) is 9.07. The number of methoxy groups -OCH3 is 2. The van der Waals surface area contributed by atoms with Gasteiger partial charge in [-0.05, 0) is 12.1 Å². The Kier molecular flexibility index (Phi) is 5.76. The van der Waals surface area contributed by atoms with Gasteiger partial charge in [-0.15, -0.1) is 0 Å². The lowest BCUT2D eigenvalue weighted by Gasteiger charge is -2.22. The number of ether oxygens (including phenoxy) is 2. The Morgan fingerprint density at radius 1 is 1.08 bits per heavy atom. The molecular formula is C25H19N5O7. The van der Waals surface area contributed by atoms with Gasteiger partial charge in [-0.3, -0.25) is 29.6 Å². The molecule has 37 heavy (non-hydrogen) atoms. The van der Waals surface area contributed by atoms with Gasteiger partial charge in [-0.25, -0.2) is 4.98 Å². The lowest BCUT2D eigenvalue weighted by molar-refractivity contribution is -0.384. The van der Waals surface area contributed by atoms with Crippen molar-refractivity contribution in [3.63, 3.8) is 0 Å². The van der Waals surface area contributed by atoms with Crippen LogP contribution >= 0.6 is 0 Å². The topological polar surface area (TPSA) is 161 Å². The van der Waals surface area contributed by atoms with Crippen molar-refractivity contribution in [3.05, 3.63) is 87.7 Å². The molecule has 1 atom stereocenters. The molecule has 2 N–H and O–H groups in total. The Morgan fingerprint density at radius 2 is 1.84 bits per heavy atom. The molecule has 1 amide bonds. The van der Waals surface area contributed by atoms with E-state index in [0.29, 0.717) is 22.5 Å². The van der Waals surface area contributed by atoms with Gasteiger partial charge in [0.25, 0.3) is 11.5 Å². The largest absolute Gasteiger partial charge is 0.507 e. The average Bonchev–Trinajstić information content (AvgIpc) is 3.45. The first-order valence-electron chi connectivity index (χ1n) is 10.9. The fourth-order valence-corrected chi connectivity index (χ4v) is 4.23. The molecule has 4 aromatic rings. The van der Waals surface area contributed by atoms with Crippen molar-refractivity contribution < 1.29 is 29.1 Å². The number of carbonyl (C=O) groups is 2. The van der Waals surface area contributed by atoms with Crippen LogP contribution in [0.15, 0.2) is 66.4 Å². The third kappa shape index (κ3) is 3.89. The Hall–Kier alpha value is -5.26. The minimum Gasteiger partial charge on any atom is -0.507 e. The number of anilines is 1. The summed E-state index contributed by atoms with van der Waals surface area (Å²) in [6.07, 6.45) is 1.48. The van der Waals surface area contributed by atoms with Crippen LogP contribution in [0.4, 0.5) is 11.6 Å². The first-order valence-corrected chi connectivity index (χ1v) is 10.9. The molecule has 2 aromatic carbocycles. The molecule has 1 fully saturated rings. The molecule has 0 saturated carbocycles. The summed E-state index contributed by atoms with van der Waals surface area (Å²) in [5, 5.41) is 22.4. The van der Waals surface area contributed by atoms with Gasteiger partial charge in [0.15, 0.2) is 11.5 Å². The van der Waals surface area contributed by atoms with E-state index in [1.54, 1.807) is 30.3 Å². The minimum absolute atomic E-state index is 0.00668. The molecule has 0 radical (unpaired) electrons.